The van der Waals surface area contributed by atoms with Crippen molar-refractivity contribution in [2.45, 2.75) is 65.0 Å². The molecule has 1 saturated heterocycles. The number of unbranched alkanes of at least 4 members (excludes halogenated alkanes) is 1. The highest BCUT2D eigenvalue weighted by molar-refractivity contribution is 5.97. The van der Waals surface area contributed by atoms with Gasteiger partial charge in [-0.25, -0.2) is 14.8 Å². The Balaban J connectivity index is 1.81. The number of nitrogens with one attached hydrogen (secondary N) is 2. The van der Waals surface area contributed by atoms with Gasteiger partial charge in [0.05, 0.1) is 6.61 Å². The van der Waals surface area contributed by atoms with E-state index in [9.17, 15) is 19.2 Å². The summed E-state index contributed by atoms with van der Waals surface area (Å²) in [7, 11) is 0. The third kappa shape index (κ3) is 10.8. The third-order valence-electron chi connectivity index (χ3n) is 6.66. The number of hydrogen-bond acceptors (Lipinski definition) is 10. The van der Waals surface area contributed by atoms with Crippen LogP contribution in [0.4, 0.5) is 10.6 Å². The predicted molar refractivity (Wildman–Crippen MR) is 164 cm³/mol. The molecule has 2 heterocycles. The first-order chi connectivity index (χ1) is 21.0. The highest BCUT2D eigenvalue weighted by Gasteiger charge is 2.32. The van der Waals surface area contributed by atoms with Crippen LogP contribution >= 0.6 is 0 Å². The summed E-state index contributed by atoms with van der Waals surface area (Å²) in [6.07, 6.45) is 0.807. The molecule has 1 aromatic heterocycles. The number of piperazine rings is 1. The van der Waals surface area contributed by atoms with E-state index in [1.807, 2.05) is 30.3 Å². The lowest BCUT2D eigenvalue weighted by Gasteiger charge is -2.36. The molecular weight excluding hydrogens is 568 g/mol. The molecule has 0 aliphatic carbocycles. The van der Waals surface area contributed by atoms with Gasteiger partial charge in [-0.1, -0.05) is 30.3 Å². The summed E-state index contributed by atoms with van der Waals surface area (Å²) in [5.41, 5.74) is 0.0573. The fourth-order valence-corrected chi connectivity index (χ4v) is 4.51. The van der Waals surface area contributed by atoms with Crippen LogP contribution in [0.2, 0.25) is 0 Å². The van der Waals surface area contributed by atoms with Crippen molar-refractivity contribution in [1.82, 2.24) is 25.1 Å². The Bertz CT molecular complexity index is 1260. The molecule has 0 radical (unpaired) electrons. The Morgan fingerprint density at radius 3 is 2.32 bits per heavy atom. The zero-order valence-electron chi connectivity index (χ0n) is 26.0. The predicted octanol–water partition coefficient (Wildman–Crippen LogP) is 2.85. The standard InChI is InChI=1S/C31H44N6O7/c1-5-43-30(42)37-18-16-36(17-19-37)29(41)23(13-14-26(39)44-31(2,3)4)34-28(40)24-21-25(32-15-9-10-20-38)35-27(33-24)22-11-7-6-8-12-22/h6-8,11-12,21,23,38H,5,9-10,13-20H2,1-4H3,(H,34,40)(H,32,33,35)/t23-/m0/s1. The van der Waals surface area contributed by atoms with Crippen LogP contribution in [0.25, 0.3) is 11.4 Å². The van der Waals surface area contributed by atoms with E-state index in [2.05, 4.69) is 20.6 Å². The van der Waals surface area contributed by atoms with Crippen LogP contribution in [-0.4, -0.2) is 106 Å². The summed E-state index contributed by atoms with van der Waals surface area (Å²) in [6.45, 7) is 8.94. The summed E-state index contributed by atoms with van der Waals surface area (Å²) in [5, 5.41) is 15.1. The van der Waals surface area contributed by atoms with Crippen LogP contribution in [0.1, 0.15) is 63.9 Å². The molecule has 0 bridgehead atoms. The van der Waals surface area contributed by atoms with Gasteiger partial charge in [0, 0.05) is 57.4 Å². The van der Waals surface area contributed by atoms with Crippen LogP contribution in [0.15, 0.2) is 36.4 Å². The van der Waals surface area contributed by atoms with E-state index in [1.54, 1.807) is 32.6 Å². The number of benzene rings is 1. The minimum Gasteiger partial charge on any atom is -0.460 e. The molecule has 3 amide bonds. The number of aromatic nitrogens is 2. The van der Waals surface area contributed by atoms with Crippen molar-refractivity contribution in [2.75, 3.05) is 51.3 Å². The maximum atomic E-state index is 13.7. The summed E-state index contributed by atoms with van der Waals surface area (Å²) in [4.78, 5) is 64.1. The van der Waals surface area contributed by atoms with Crippen molar-refractivity contribution in [1.29, 1.82) is 0 Å². The summed E-state index contributed by atoms with van der Waals surface area (Å²) < 4.78 is 10.5. The monoisotopic (exact) mass is 612 g/mol. The Kier molecular flexibility index (Phi) is 12.9. The Morgan fingerprint density at radius 1 is 1.00 bits per heavy atom. The molecule has 240 valence electrons. The largest absolute Gasteiger partial charge is 0.460 e. The second kappa shape index (κ2) is 16.6. The van der Waals surface area contributed by atoms with Gasteiger partial charge in [-0.3, -0.25) is 14.4 Å². The van der Waals surface area contributed by atoms with Crippen LogP contribution in [0.3, 0.4) is 0 Å². The second-order valence-corrected chi connectivity index (χ2v) is 11.3. The Labute approximate surface area is 258 Å². The number of rotatable bonds is 13. The van der Waals surface area contributed by atoms with E-state index in [1.165, 1.54) is 11.0 Å². The van der Waals surface area contributed by atoms with E-state index >= 15 is 0 Å². The molecule has 1 atom stereocenters. The van der Waals surface area contributed by atoms with Crippen molar-refractivity contribution in [3.63, 3.8) is 0 Å². The molecule has 1 aromatic carbocycles. The lowest BCUT2D eigenvalue weighted by Crippen LogP contribution is -2.56. The molecule has 1 aliphatic heterocycles. The van der Waals surface area contributed by atoms with E-state index in [0.29, 0.717) is 36.6 Å². The van der Waals surface area contributed by atoms with Gasteiger partial charge in [0.15, 0.2) is 5.82 Å². The second-order valence-electron chi connectivity index (χ2n) is 11.3. The quantitative estimate of drug-likeness (QED) is 0.226. The van der Waals surface area contributed by atoms with Crippen LogP contribution < -0.4 is 10.6 Å². The SMILES string of the molecule is CCOC(=O)N1CCN(C(=O)[C@H](CCC(=O)OC(C)(C)C)NC(=O)c2cc(NCCCCO)nc(-c3ccccc3)n2)CC1. The average Bonchev–Trinajstić information content (AvgIpc) is 3.00. The summed E-state index contributed by atoms with van der Waals surface area (Å²) in [6, 6.07) is 9.67. The number of ether oxygens (including phenoxy) is 2. The molecule has 0 unspecified atom stereocenters. The Hall–Kier alpha value is -4.26. The average molecular weight is 613 g/mol. The van der Waals surface area contributed by atoms with Crippen molar-refractivity contribution in [3.05, 3.63) is 42.1 Å². The molecule has 13 heteroatoms. The minimum atomic E-state index is -1.04. The molecule has 0 spiro atoms. The topological polar surface area (TPSA) is 163 Å². The van der Waals surface area contributed by atoms with Crippen molar-refractivity contribution in [2.24, 2.45) is 0 Å². The number of amides is 3. The minimum absolute atomic E-state index is 0.0144. The van der Waals surface area contributed by atoms with E-state index in [-0.39, 0.29) is 63.8 Å². The zero-order chi connectivity index (χ0) is 32.1. The highest BCUT2D eigenvalue weighted by Crippen LogP contribution is 2.19. The molecule has 13 nitrogen and oxygen atoms in total. The molecule has 2 aromatic rings. The maximum absolute atomic E-state index is 13.7. The number of aliphatic hydroxyl groups is 1. The fraction of sp³-hybridized carbons (Fsp3) is 0.548. The fourth-order valence-electron chi connectivity index (χ4n) is 4.51. The van der Waals surface area contributed by atoms with Crippen LogP contribution in [0, 0.1) is 0 Å². The summed E-state index contributed by atoms with van der Waals surface area (Å²) >= 11 is 0. The first-order valence-corrected chi connectivity index (χ1v) is 15.0. The van der Waals surface area contributed by atoms with Crippen LogP contribution in [0.5, 0.6) is 0 Å². The summed E-state index contributed by atoms with van der Waals surface area (Å²) in [5.74, 6) is -0.705. The van der Waals surface area contributed by atoms with Crippen molar-refractivity contribution < 1.29 is 33.8 Å². The van der Waals surface area contributed by atoms with Gasteiger partial charge >= 0.3 is 12.1 Å². The highest BCUT2D eigenvalue weighted by atomic mass is 16.6. The van der Waals surface area contributed by atoms with Gasteiger partial charge in [0.2, 0.25) is 5.91 Å². The molecular formula is C31H44N6O7. The van der Waals surface area contributed by atoms with Crippen molar-refractivity contribution in [3.8, 4) is 11.4 Å². The first-order valence-electron chi connectivity index (χ1n) is 15.0. The number of esters is 1. The van der Waals surface area contributed by atoms with Gasteiger partial charge < -0.3 is 35.0 Å². The Morgan fingerprint density at radius 2 is 1.68 bits per heavy atom. The third-order valence-corrected chi connectivity index (χ3v) is 6.66. The van der Waals surface area contributed by atoms with E-state index in [0.717, 1.165) is 0 Å². The molecule has 44 heavy (non-hydrogen) atoms. The number of hydrogen-bond donors (Lipinski definition) is 3. The number of carbonyl (C=O) groups excluding carboxylic acids is 4. The molecule has 1 fully saturated rings. The van der Waals surface area contributed by atoms with Crippen LogP contribution in [-0.2, 0) is 19.1 Å². The molecule has 3 rings (SSSR count). The molecule has 0 saturated carbocycles. The first kappa shape index (κ1) is 34.2. The van der Waals surface area contributed by atoms with E-state index in [4.69, 9.17) is 14.6 Å². The normalized spacial score (nSPS) is 14.0. The zero-order valence-corrected chi connectivity index (χ0v) is 26.0. The number of aliphatic hydroxyl groups excluding tert-OH is 1. The molecule has 3 N–H and O–H groups in total. The number of nitrogens with zero attached hydrogens (tertiary/aromatic N) is 4. The lowest BCUT2D eigenvalue weighted by atomic mass is 10.1. The number of anilines is 1. The van der Waals surface area contributed by atoms with E-state index < -0.39 is 29.6 Å². The van der Waals surface area contributed by atoms with Gasteiger partial charge in [-0.15, -0.1) is 0 Å². The smallest absolute Gasteiger partial charge is 0.409 e. The van der Waals surface area contributed by atoms with Gasteiger partial charge in [-0.05, 0) is 47.0 Å². The van der Waals surface area contributed by atoms with Gasteiger partial charge in [0.1, 0.15) is 23.2 Å². The molecule has 1 aliphatic rings. The maximum Gasteiger partial charge on any atom is 0.409 e. The van der Waals surface area contributed by atoms with Gasteiger partial charge in [0.25, 0.3) is 5.91 Å². The van der Waals surface area contributed by atoms with Gasteiger partial charge in [-0.2, -0.15) is 0 Å². The van der Waals surface area contributed by atoms with Crippen molar-refractivity contribution >= 4 is 29.7 Å². The number of carbonyl (C=O) groups is 4. The lowest BCUT2D eigenvalue weighted by molar-refractivity contribution is -0.155.